The van der Waals surface area contributed by atoms with Crippen LogP contribution in [0.25, 0.3) is 0 Å². The Labute approximate surface area is 255 Å². The molecule has 13 heteroatoms. The first-order valence-electron chi connectivity index (χ1n) is 14.5. The molecule has 0 saturated carbocycles. The van der Waals surface area contributed by atoms with Crippen molar-refractivity contribution < 1.29 is 35.8 Å². The van der Waals surface area contributed by atoms with Gasteiger partial charge < -0.3 is 9.47 Å². The molecule has 2 aliphatic rings. The van der Waals surface area contributed by atoms with E-state index in [2.05, 4.69) is 20.3 Å². The molecule has 4 atom stereocenters. The molecule has 3 aromatic carbocycles. The fraction of sp³-hybridized carbons (Fsp3) is 0.406. The van der Waals surface area contributed by atoms with Gasteiger partial charge in [0.2, 0.25) is 0 Å². The van der Waals surface area contributed by atoms with Crippen molar-refractivity contribution in [2.24, 2.45) is 0 Å². The summed E-state index contributed by atoms with van der Waals surface area (Å²) in [6.45, 7) is 0.234. The van der Waals surface area contributed by atoms with E-state index >= 15 is 0 Å². The summed E-state index contributed by atoms with van der Waals surface area (Å²) in [5.74, 6) is 0.375. The lowest BCUT2D eigenvalue weighted by atomic mass is 9.78. The third-order valence-corrected chi connectivity index (χ3v) is 8.78. The van der Waals surface area contributed by atoms with Crippen LogP contribution >= 0.6 is 0 Å². The first kappa shape index (κ1) is 31.2. The van der Waals surface area contributed by atoms with E-state index in [1.54, 1.807) is 0 Å². The number of fused-ring (bicyclic) bond motifs is 2. The molecule has 4 unspecified atom stereocenters. The normalized spacial score (nSPS) is 23.8. The molecule has 238 valence electrons. The molecule has 45 heavy (non-hydrogen) atoms. The highest BCUT2D eigenvalue weighted by atomic mass is 19.4. The Morgan fingerprint density at radius 2 is 1.49 bits per heavy atom. The molecule has 1 aromatic heterocycles. The molecule has 0 radical (unpaired) electrons. The number of rotatable bonds is 9. The zero-order valence-corrected chi connectivity index (χ0v) is 24.3. The average molecular weight is 632 g/mol. The van der Waals surface area contributed by atoms with Crippen LogP contribution in [0, 0.1) is 0 Å². The second-order valence-electron chi connectivity index (χ2n) is 11.5. The largest absolute Gasteiger partial charge is 0.416 e. The predicted molar refractivity (Wildman–Crippen MR) is 150 cm³/mol. The molecule has 2 bridgehead atoms. The number of nitrogens with zero attached hydrogens (tertiary/aromatic N) is 5. The molecule has 2 fully saturated rings. The zero-order chi connectivity index (χ0) is 31.8. The summed E-state index contributed by atoms with van der Waals surface area (Å²) < 4.78 is 93.2. The number of hydrogen-bond donors (Lipinski definition) is 0. The average Bonchev–Trinajstić information content (AvgIpc) is 3.55. The van der Waals surface area contributed by atoms with Gasteiger partial charge in [-0.25, -0.2) is 0 Å². The van der Waals surface area contributed by atoms with Crippen LogP contribution in [0.3, 0.4) is 0 Å². The maximum absolute atomic E-state index is 13.6. The topological polar surface area (TPSA) is 65.3 Å². The van der Waals surface area contributed by atoms with E-state index in [4.69, 9.17) is 9.47 Å². The number of alkyl halides is 6. The molecule has 2 saturated heterocycles. The Kier molecular flexibility index (Phi) is 8.44. The molecule has 0 amide bonds. The first-order chi connectivity index (χ1) is 21.5. The van der Waals surface area contributed by atoms with Gasteiger partial charge in [0.1, 0.15) is 0 Å². The number of tetrazole rings is 1. The van der Waals surface area contributed by atoms with Gasteiger partial charge >= 0.3 is 12.4 Å². The molecular weight excluding hydrogens is 600 g/mol. The lowest BCUT2D eigenvalue weighted by Crippen LogP contribution is -2.56. The van der Waals surface area contributed by atoms with Crippen LogP contribution < -0.4 is 0 Å². The monoisotopic (exact) mass is 631 g/mol. The highest BCUT2D eigenvalue weighted by Crippen LogP contribution is 2.57. The van der Waals surface area contributed by atoms with E-state index in [0.717, 1.165) is 23.3 Å². The summed E-state index contributed by atoms with van der Waals surface area (Å²) in [6, 6.07) is 21.1. The third kappa shape index (κ3) is 6.21. The third-order valence-electron chi connectivity index (χ3n) is 8.78. The van der Waals surface area contributed by atoms with E-state index in [-0.39, 0.29) is 30.3 Å². The minimum atomic E-state index is -4.95. The molecule has 2 aliphatic heterocycles. The van der Waals surface area contributed by atoms with Crippen molar-refractivity contribution in [3.8, 4) is 0 Å². The standard InChI is InChI=1S/C32H31F6N5O2/c1-44-20-43-40-29(39-41-43)26-17-30(23-10-6-3-7-11-23)28(13-12-27(26)42(30)18-21-8-4-2-5-9-21)45-19-22-14-24(31(33,34)35)16-25(15-22)32(36,37)38/h2-11,14-16,26-28H,12-13,17-20H2,1H3. The maximum atomic E-state index is 13.6. The zero-order valence-electron chi connectivity index (χ0n) is 24.3. The summed E-state index contributed by atoms with van der Waals surface area (Å²) in [6.07, 6.45) is -8.78. The van der Waals surface area contributed by atoms with Crippen molar-refractivity contribution in [3.63, 3.8) is 0 Å². The van der Waals surface area contributed by atoms with Crippen molar-refractivity contribution in [3.05, 3.63) is 113 Å². The van der Waals surface area contributed by atoms with E-state index in [9.17, 15) is 26.3 Å². The van der Waals surface area contributed by atoms with Gasteiger partial charge in [-0.3, -0.25) is 4.90 Å². The van der Waals surface area contributed by atoms with Crippen molar-refractivity contribution >= 4 is 0 Å². The second kappa shape index (κ2) is 12.2. The molecule has 3 heterocycles. The van der Waals surface area contributed by atoms with Gasteiger partial charge in [-0.05, 0) is 59.4 Å². The van der Waals surface area contributed by atoms with Crippen molar-refractivity contribution in [2.45, 2.75) is 75.1 Å². The molecule has 4 aromatic rings. The summed E-state index contributed by atoms with van der Waals surface area (Å²) in [4.78, 5) is 3.72. The Hall–Kier alpha value is -3.81. The summed E-state index contributed by atoms with van der Waals surface area (Å²) in [5.41, 5.74) is -1.74. The van der Waals surface area contributed by atoms with E-state index < -0.39 is 41.7 Å². The van der Waals surface area contributed by atoms with Gasteiger partial charge in [0, 0.05) is 25.6 Å². The predicted octanol–water partition coefficient (Wildman–Crippen LogP) is 6.95. The Morgan fingerprint density at radius 1 is 0.844 bits per heavy atom. The number of halogens is 6. The van der Waals surface area contributed by atoms with Crippen LogP contribution in [-0.4, -0.2) is 44.4 Å². The van der Waals surface area contributed by atoms with Gasteiger partial charge in [-0.15, -0.1) is 15.0 Å². The molecule has 7 nitrogen and oxygen atoms in total. The second-order valence-corrected chi connectivity index (χ2v) is 11.5. The van der Waals surface area contributed by atoms with Crippen LogP contribution in [0.4, 0.5) is 26.3 Å². The SMILES string of the molecule is COCn1nnc(C2CC3(c4ccccc4)C(OCc4cc(C(F)(F)F)cc(C(F)(F)F)c4)CCC2N3Cc2ccccc2)n1. The Bertz CT molecular complexity index is 1560. The number of ether oxygens (including phenoxy) is 2. The quantitative estimate of drug-likeness (QED) is 0.187. The van der Waals surface area contributed by atoms with E-state index in [0.29, 0.717) is 31.6 Å². The number of methoxy groups -OCH3 is 1. The lowest BCUT2D eigenvalue weighted by Gasteiger charge is -2.50. The number of benzene rings is 3. The fourth-order valence-corrected chi connectivity index (χ4v) is 6.93. The molecule has 0 spiro atoms. The van der Waals surface area contributed by atoms with Crippen LogP contribution in [0.15, 0.2) is 78.9 Å². The van der Waals surface area contributed by atoms with Gasteiger partial charge in [0.05, 0.1) is 29.4 Å². The molecule has 0 N–H and O–H groups in total. The van der Waals surface area contributed by atoms with Crippen molar-refractivity contribution in [2.75, 3.05) is 7.11 Å². The highest BCUT2D eigenvalue weighted by Gasteiger charge is 2.61. The highest BCUT2D eigenvalue weighted by molar-refractivity contribution is 5.35. The van der Waals surface area contributed by atoms with Crippen LogP contribution in [0.5, 0.6) is 0 Å². The summed E-state index contributed by atoms with van der Waals surface area (Å²) >= 11 is 0. The van der Waals surface area contributed by atoms with E-state index in [1.807, 2.05) is 60.7 Å². The molecule has 0 aliphatic carbocycles. The molecular formula is C32H31F6N5O2. The van der Waals surface area contributed by atoms with Gasteiger partial charge in [-0.1, -0.05) is 60.7 Å². The van der Waals surface area contributed by atoms with E-state index in [1.165, 1.54) is 11.9 Å². The number of hydrogen-bond acceptors (Lipinski definition) is 6. The fourth-order valence-electron chi connectivity index (χ4n) is 6.93. The summed E-state index contributed by atoms with van der Waals surface area (Å²) in [5, 5.41) is 13.1. The maximum Gasteiger partial charge on any atom is 0.416 e. The van der Waals surface area contributed by atoms with Crippen LogP contribution in [0.2, 0.25) is 0 Å². The van der Waals surface area contributed by atoms with Crippen molar-refractivity contribution in [1.29, 1.82) is 0 Å². The Balaban J connectivity index is 1.41. The summed E-state index contributed by atoms with van der Waals surface area (Å²) in [7, 11) is 1.53. The van der Waals surface area contributed by atoms with Gasteiger partial charge in [0.25, 0.3) is 0 Å². The molecule has 6 rings (SSSR count). The number of piperidine rings is 1. The lowest BCUT2D eigenvalue weighted by molar-refractivity contribution is -0.143. The Morgan fingerprint density at radius 3 is 2.11 bits per heavy atom. The van der Waals surface area contributed by atoms with Crippen LogP contribution in [0.1, 0.15) is 58.8 Å². The minimum absolute atomic E-state index is 0.0316. The van der Waals surface area contributed by atoms with Crippen molar-refractivity contribution in [1.82, 2.24) is 25.1 Å². The van der Waals surface area contributed by atoms with Crippen LogP contribution in [-0.2, 0) is 47.2 Å². The van der Waals surface area contributed by atoms with Gasteiger partial charge in [-0.2, -0.15) is 26.3 Å². The number of aromatic nitrogens is 4. The minimum Gasteiger partial charge on any atom is -0.371 e. The smallest absolute Gasteiger partial charge is 0.371 e. The van der Waals surface area contributed by atoms with Gasteiger partial charge in [0.15, 0.2) is 12.6 Å². The first-order valence-corrected chi connectivity index (χ1v) is 14.5.